The molecule has 0 heterocycles. The molecule has 0 saturated carbocycles. The molecule has 3 N–H and O–H groups in total. The lowest BCUT2D eigenvalue weighted by Crippen LogP contribution is -1.07. The van der Waals surface area contributed by atoms with Crippen molar-refractivity contribution in [2.75, 3.05) is 0 Å². The van der Waals surface area contributed by atoms with Crippen LogP contribution in [0.1, 0.15) is 27.7 Å². The summed E-state index contributed by atoms with van der Waals surface area (Å²) in [5.74, 6) is 0. The molecule has 0 aliphatic heterocycles. The Balaban J connectivity index is -0.0000000145. The van der Waals surface area contributed by atoms with Crippen LogP contribution >= 0.6 is 24.0 Å². The van der Waals surface area contributed by atoms with Crippen LogP contribution in [0, 0.1) is 0 Å². The summed E-state index contributed by atoms with van der Waals surface area (Å²) in [6.45, 7) is 21.0. The van der Waals surface area contributed by atoms with Crippen LogP contribution < -0.4 is 6.15 Å². The molecule has 0 spiro atoms. The third-order valence-corrected chi connectivity index (χ3v) is 0. The van der Waals surface area contributed by atoms with Crippen molar-refractivity contribution < 1.29 is 0 Å². The quantitative estimate of drug-likeness (QED) is 0.462. The highest BCUT2D eigenvalue weighted by Gasteiger charge is 1.15. The second-order valence-corrected chi connectivity index (χ2v) is 1.63. The summed E-state index contributed by atoms with van der Waals surface area (Å²) >= 11 is 0. The first-order chi connectivity index (χ1) is 5.66. The zero-order valence-corrected chi connectivity index (χ0v) is 12.6. The van der Waals surface area contributed by atoms with Gasteiger partial charge >= 0.3 is 0 Å². The van der Waals surface area contributed by atoms with E-state index in [2.05, 4.69) is 26.3 Å². The van der Waals surface area contributed by atoms with Crippen LogP contribution in [0.4, 0.5) is 0 Å². The van der Waals surface area contributed by atoms with Gasteiger partial charge in [0.2, 0.25) is 0 Å². The van der Waals surface area contributed by atoms with Crippen molar-refractivity contribution in [2.45, 2.75) is 27.7 Å². The zero-order valence-electron chi connectivity index (χ0n) is 10.3. The SMILES string of the molecule is C=CC.C=CC.C=CC.C=CC.I.N. The van der Waals surface area contributed by atoms with Crippen molar-refractivity contribution in [1.82, 2.24) is 6.15 Å². The fourth-order valence-corrected chi connectivity index (χ4v) is 0. The van der Waals surface area contributed by atoms with Crippen molar-refractivity contribution >= 4 is 24.0 Å². The monoisotopic (exact) mass is 313 g/mol. The molecule has 0 rings (SSSR count). The van der Waals surface area contributed by atoms with Crippen LogP contribution in [-0.2, 0) is 0 Å². The van der Waals surface area contributed by atoms with E-state index < -0.39 is 0 Å². The Morgan fingerprint density at radius 3 is 0.571 bits per heavy atom. The lowest BCUT2D eigenvalue weighted by atomic mass is 10.8. The number of hydrogen-bond donors (Lipinski definition) is 1. The van der Waals surface area contributed by atoms with Gasteiger partial charge in [-0.25, -0.2) is 0 Å². The van der Waals surface area contributed by atoms with E-state index in [0.717, 1.165) is 0 Å². The molecule has 0 radical (unpaired) electrons. The van der Waals surface area contributed by atoms with E-state index in [9.17, 15) is 0 Å². The molecule has 0 unspecified atom stereocenters. The average Bonchev–Trinajstić information content (AvgIpc) is 1.92. The third kappa shape index (κ3) is 10800. The predicted octanol–water partition coefficient (Wildman–Crippen LogP) is 5.55. The van der Waals surface area contributed by atoms with E-state index in [-0.39, 0.29) is 30.1 Å². The Kier molecular flexibility index (Phi) is 344. The highest BCUT2D eigenvalue weighted by Crippen LogP contribution is 1.39. The first-order valence-corrected chi connectivity index (χ1v) is 3.94. The fourth-order valence-electron chi connectivity index (χ4n) is 0. The van der Waals surface area contributed by atoms with Crippen LogP contribution in [0.2, 0.25) is 0 Å². The minimum Gasteiger partial charge on any atom is -0.344 e. The molecule has 0 fully saturated rings. The summed E-state index contributed by atoms with van der Waals surface area (Å²) < 4.78 is 0. The largest absolute Gasteiger partial charge is 0.344 e. The number of halogens is 1. The Morgan fingerprint density at radius 1 is 0.571 bits per heavy atom. The van der Waals surface area contributed by atoms with Gasteiger partial charge in [-0.15, -0.1) is 50.3 Å². The van der Waals surface area contributed by atoms with Crippen molar-refractivity contribution in [1.29, 1.82) is 0 Å². The van der Waals surface area contributed by atoms with Crippen LogP contribution in [-0.4, -0.2) is 0 Å². The van der Waals surface area contributed by atoms with Gasteiger partial charge in [-0.2, -0.15) is 0 Å². The van der Waals surface area contributed by atoms with Gasteiger partial charge in [0.1, 0.15) is 0 Å². The molecule has 0 aliphatic rings. The first-order valence-electron chi connectivity index (χ1n) is 3.94. The van der Waals surface area contributed by atoms with E-state index >= 15 is 0 Å². The molecule has 0 amide bonds. The van der Waals surface area contributed by atoms with Gasteiger partial charge in [-0.05, 0) is 27.7 Å². The summed E-state index contributed by atoms with van der Waals surface area (Å²) in [7, 11) is 0. The second kappa shape index (κ2) is 129. The summed E-state index contributed by atoms with van der Waals surface area (Å²) in [5, 5.41) is 0. The van der Waals surface area contributed by atoms with Crippen molar-refractivity contribution in [3.05, 3.63) is 50.6 Å². The highest BCUT2D eigenvalue weighted by atomic mass is 127. The molecule has 0 aliphatic carbocycles. The van der Waals surface area contributed by atoms with E-state index in [1.54, 1.807) is 24.3 Å². The Labute approximate surface area is 108 Å². The Bertz CT molecular complexity index is 64.3. The predicted molar refractivity (Wildman–Crippen MR) is 83.9 cm³/mol. The van der Waals surface area contributed by atoms with Gasteiger partial charge in [-0.1, -0.05) is 24.3 Å². The lowest BCUT2D eigenvalue weighted by Gasteiger charge is -1.31. The van der Waals surface area contributed by atoms with Gasteiger partial charge in [0.05, 0.1) is 0 Å². The molecule has 0 atom stereocenters. The van der Waals surface area contributed by atoms with Crippen molar-refractivity contribution in [3.63, 3.8) is 0 Å². The molecule has 1 nitrogen and oxygen atoms in total. The minimum atomic E-state index is 0. The maximum atomic E-state index is 3.36. The smallest absolute Gasteiger partial charge is 0.0473 e. The van der Waals surface area contributed by atoms with E-state index in [0.29, 0.717) is 0 Å². The second-order valence-electron chi connectivity index (χ2n) is 1.63. The normalized spacial score (nSPS) is 3.71. The molecule has 0 aromatic rings. The van der Waals surface area contributed by atoms with Gasteiger partial charge in [-0.3, -0.25) is 0 Å². The summed E-state index contributed by atoms with van der Waals surface area (Å²) in [5.41, 5.74) is 0. The van der Waals surface area contributed by atoms with Gasteiger partial charge in [0.15, 0.2) is 0 Å². The lowest BCUT2D eigenvalue weighted by molar-refractivity contribution is 1.80. The molecular formula is C12H28IN. The molecule has 0 aromatic carbocycles. The first kappa shape index (κ1) is 37.3. The molecule has 0 saturated heterocycles. The standard InChI is InChI=1S/4C3H6.HI.H3N/c4*1-3-2;;/h4*3H,1H2,2H3;1H;1H3. The number of rotatable bonds is 0. The highest BCUT2D eigenvalue weighted by molar-refractivity contribution is 14.0. The van der Waals surface area contributed by atoms with Crippen LogP contribution in [0.5, 0.6) is 0 Å². The van der Waals surface area contributed by atoms with Crippen LogP contribution in [0.3, 0.4) is 0 Å². The van der Waals surface area contributed by atoms with E-state index in [4.69, 9.17) is 0 Å². The summed E-state index contributed by atoms with van der Waals surface area (Å²) in [4.78, 5) is 0. The fraction of sp³-hybridized carbons (Fsp3) is 0.333. The molecule has 88 valence electrons. The van der Waals surface area contributed by atoms with Crippen LogP contribution in [0.15, 0.2) is 50.6 Å². The van der Waals surface area contributed by atoms with Crippen LogP contribution in [0.25, 0.3) is 0 Å². The maximum Gasteiger partial charge on any atom is -0.0473 e. The summed E-state index contributed by atoms with van der Waals surface area (Å²) in [6.07, 6.45) is 7.00. The number of allylic oxidation sites excluding steroid dienone is 4. The van der Waals surface area contributed by atoms with Gasteiger partial charge in [0.25, 0.3) is 0 Å². The molecular weight excluding hydrogens is 285 g/mol. The Hall–Kier alpha value is -0.350. The molecule has 14 heavy (non-hydrogen) atoms. The topological polar surface area (TPSA) is 35.0 Å². The van der Waals surface area contributed by atoms with Crippen molar-refractivity contribution in [3.8, 4) is 0 Å². The zero-order chi connectivity index (χ0) is 10.8. The average molecular weight is 313 g/mol. The minimum absolute atomic E-state index is 0. The molecule has 0 aromatic heterocycles. The Morgan fingerprint density at radius 2 is 0.571 bits per heavy atom. The summed E-state index contributed by atoms with van der Waals surface area (Å²) in [6, 6.07) is 0. The number of hydrogen-bond acceptors (Lipinski definition) is 1. The molecule has 0 bridgehead atoms. The molecule has 2 heteroatoms. The van der Waals surface area contributed by atoms with Gasteiger partial charge < -0.3 is 6.15 Å². The van der Waals surface area contributed by atoms with E-state index in [1.165, 1.54) is 0 Å². The third-order valence-electron chi connectivity index (χ3n) is 0. The maximum absolute atomic E-state index is 3.36. The van der Waals surface area contributed by atoms with Gasteiger partial charge in [0, 0.05) is 0 Å². The van der Waals surface area contributed by atoms with Crippen molar-refractivity contribution in [2.24, 2.45) is 0 Å². The van der Waals surface area contributed by atoms with E-state index in [1.807, 2.05) is 27.7 Å².